The van der Waals surface area contributed by atoms with Crippen LogP contribution in [-0.2, 0) is 4.79 Å². The van der Waals surface area contributed by atoms with Crippen LogP contribution in [0.25, 0.3) is 0 Å². The molecule has 1 saturated carbocycles. The summed E-state index contributed by atoms with van der Waals surface area (Å²) < 4.78 is 12.9. The van der Waals surface area contributed by atoms with Gasteiger partial charge < -0.3 is 10.2 Å². The third kappa shape index (κ3) is 3.53. The van der Waals surface area contributed by atoms with Crippen LogP contribution in [0, 0.1) is 5.82 Å². The largest absolute Gasteiger partial charge is 0.369 e. The first-order chi connectivity index (χ1) is 10.1. The van der Waals surface area contributed by atoms with E-state index in [-0.39, 0.29) is 17.8 Å². The fourth-order valence-corrected chi connectivity index (χ4v) is 2.73. The van der Waals surface area contributed by atoms with Gasteiger partial charge in [-0.05, 0) is 44.0 Å². The van der Waals surface area contributed by atoms with E-state index in [1.165, 1.54) is 12.1 Å². The normalized spacial score (nSPS) is 21.1. The van der Waals surface area contributed by atoms with Crippen LogP contribution in [0.15, 0.2) is 24.3 Å². The number of halogens is 1. The topological polar surface area (TPSA) is 35.6 Å². The molecule has 1 amide bonds. The molecular weight excluding hydrogens is 269 g/mol. The molecule has 2 aliphatic rings. The number of rotatable bonds is 4. The lowest BCUT2D eigenvalue weighted by Crippen LogP contribution is -2.54. The zero-order valence-corrected chi connectivity index (χ0v) is 12.4. The molecule has 0 radical (unpaired) electrons. The van der Waals surface area contributed by atoms with Crippen LogP contribution >= 0.6 is 0 Å². The SMILES string of the molecule is CC(C(=O)NC1CC1)N1CCN(c2ccc(F)cc2)CC1. The second kappa shape index (κ2) is 6.02. The lowest BCUT2D eigenvalue weighted by atomic mass is 10.2. The van der Waals surface area contributed by atoms with E-state index in [0.717, 1.165) is 44.7 Å². The van der Waals surface area contributed by atoms with Gasteiger partial charge in [0.25, 0.3) is 0 Å². The zero-order valence-electron chi connectivity index (χ0n) is 12.4. The minimum absolute atomic E-state index is 0.0685. The average molecular weight is 291 g/mol. The quantitative estimate of drug-likeness (QED) is 0.915. The number of nitrogens with one attached hydrogen (secondary N) is 1. The van der Waals surface area contributed by atoms with Crippen LogP contribution in [0.2, 0.25) is 0 Å². The van der Waals surface area contributed by atoms with Gasteiger partial charge in [0.05, 0.1) is 6.04 Å². The van der Waals surface area contributed by atoms with E-state index in [0.29, 0.717) is 6.04 Å². The van der Waals surface area contributed by atoms with Gasteiger partial charge in [-0.15, -0.1) is 0 Å². The third-order valence-electron chi connectivity index (χ3n) is 4.36. The van der Waals surface area contributed by atoms with Gasteiger partial charge in [0.15, 0.2) is 0 Å². The van der Waals surface area contributed by atoms with E-state index in [9.17, 15) is 9.18 Å². The minimum Gasteiger partial charge on any atom is -0.369 e. The van der Waals surface area contributed by atoms with E-state index >= 15 is 0 Å². The Morgan fingerprint density at radius 1 is 1.19 bits per heavy atom. The Morgan fingerprint density at radius 2 is 1.81 bits per heavy atom. The molecule has 0 spiro atoms. The van der Waals surface area contributed by atoms with E-state index < -0.39 is 0 Å². The number of piperazine rings is 1. The summed E-state index contributed by atoms with van der Waals surface area (Å²) >= 11 is 0. The standard InChI is InChI=1S/C16H22FN3O/c1-12(16(21)18-14-4-5-14)19-8-10-20(11-9-19)15-6-2-13(17)3-7-15/h2-3,6-7,12,14H,4-5,8-11H2,1H3,(H,18,21). The van der Waals surface area contributed by atoms with Crippen molar-refractivity contribution in [1.82, 2.24) is 10.2 Å². The van der Waals surface area contributed by atoms with E-state index in [1.54, 1.807) is 0 Å². The first-order valence-corrected chi connectivity index (χ1v) is 7.68. The molecule has 1 atom stereocenters. The van der Waals surface area contributed by atoms with Gasteiger partial charge in [0.2, 0.25) is 5.91 Å². The molecule has 1 aromatic rings. The van der Waals surface area contributed by atoms with Crippen molar-refractivity contribution in [1.29, 1.82) is 0 Å². The molecule has 5 heteroatoms. The highest BCUT2D eigenvalue weighted by molar-refractivity contribution is 5.81. The fraction of sp³-hybridized carbons (Fsp3) is 0.562. The lowest BCUT2D eigenvalue weighted by Gasteiger charge is -2.38. The van der Waals surface area contributed by atoms with Crippen molar-refractivity contribution < 1.29 is 9.18 Å². The molecule has 1 unspecified atom stereocenters. The van der Waals surface area contributed by atoms with Crippen LogP contribution in [-0.4, -0.2) is 49.1 Å². The zero-order chi connectivity index (χ0) is 14.8. The smallest absolute Gasteiger partial charge is 0.237 e. The van der Waals surface area contributed by atoms with Gasteiger partial charge in [-0.1, -0.05) is 0 Å². The summed E-state index contributed by atoms with van der Waals surface area (Å²) in [6, 6.07) is 6.96. The number of hydrogen-bond donors (Lipinski definition) is 1. The molecule has 1 saturated heterocycles. The summed E-state index contributed by atoms with van der Waals surface area (Å²) in [6.45, 7) is 5.43. The van der Waals surface area contributed by atoms with Crippen molar-refractivity contribution in [3.63, 3.8) is 0 Å². The highest BCUT2D eigenvalue weighted by atomic mass is 19.1. The molecule has 1 N–H and O–H groups in total. The Morgan fingerprint density at radius 3 is 2.38 bits per heavy atom. The third-order valence-corrected chi connectivity index (χ3v) is 4.36. The predicted octanol–water partition coefficient (Wildman–Crippen LogP) is 1.61. The Kier molecular flexibility index (Phi) is 4.10. The van der Waals surface area contributed by atoms with Gasteiger partial charge in [-0.25, -0.2) is 4.39 Å². The van der Waals surface area contributed by atoms with Crippen molar-refractivity contribution in [2.45, 2.75) is 31.8 Å². The second-order valence-electron chi connectivity index (χ2n) is 5.96. The summed E-state index contributed by atoms with van der Waals surface area (Å²) in [6.07, 6.45) is 2.24. The molecule has 114 valence electrons. The predicted molar refractivity (Wildman–Crippen MR) is 80.8 cm³/mol. The maximum atomic E-state index is 12.9. The maximum Gasteiger partial charge on any atom is 0.237 e. The molecule has 1 heterocycles. The van der Waals surface area contributed by atoms with E-state index in [2.05, 4.69) is 15.1 Å². The number of carbonyl (C=O) groups is 1. The van der Waals surface area contributed by atoms with Crippen LogP contribution in [0.5, 0.6) is 0 Å². The number of carbonyl (C=O) groups excluding carboxylic acids is 1. The summed E-state index contributed by atoms with van der Waals surface area (Å²) in [5.74, 6) is -0.0597. The maximum absolute atomic E-state index is 12.9. The number of hydrogen-bond acceptors (Lipinski definition) is 3. The summed E-state index contributed by atoms with van der Waals surface area (Å²) in [5, 5.41) is 3.06. The summed E-state index contributed by atoms with van der Waals surface area (Å²) in [7, 11) is 0. The van der Waals surface area contributed by atoms with Gasteiger partial charge in [0, 0.05) is 37.9 Å². The Balaban J connectivity index is 1.52. The molecular formula is C16H22FN3O. The fourth-order valence-electron chi connectivity index (χ4n) is 2.73. The molecule has 1 aliphatic heterocycles. The van der Waals surface area contributed by atoms with Crippen molar-refractivity contribution in [2.75, 3.05) is 31.1 Å². The van der Waals surface area contributed by atoms with Gasteiger partial charge in [-0.2, -0.15) is 0 Å². The van der Waals surface area contributed by atoms with Crippen LogP contribution in [0.1, 0.15) is 19.8 Å². The number of amides is 1. The molecule has 1 aliphatic carbocycles. The van der Waals surface area contributed by atoms with E-state index in [4.69, 9.17) is 0 Å². The average Bonchev–Trinajstić information content (AvgIpc) is 3.31. The molecule has 1 aromatic carbocycles. The molecule has 21 heavy (non-hydrogen) atoms. The number of benzene rings is 1. The van der Waals surface area contributed by atoms with E-state index in [1.807, 2.05) is 19.1 Å². The van der Waals surface area contributed by atoms with Gasteiger partial charge >= 0.3 is 0 Å². The summed E-state index contributed by atoms with van der Waals surface area (Å²) in [4.78, 5) is 16.5. The van der Waals surface area contributed by atoms with Crippen molar-refractivity contribution >= 4 is 11.6 Å². The van der Waals surface area contributed by atoms with Crippen LogP contribution in [0.3, 0.4) is 0 Å². The van der Waals surface area contributed by atoms with Crippen molar-refractivity contribution in [2.24, 2.45) is 0 Å². The Labute approximate surface area is 124 Å². The molecule has 0 aromatic heterocycles. The Hall–Kier alpha value is -1.62. The first-order valence-electron chi connectivity index (χ1n) is 7.68. The molecule has 0 bridgehead atoms. The van der Waals surface area contributed by atoms with Crippen LogP contribution < -0.4 is 10.2 Å². The van der Waals surface area contributed by atoms with Crippen molar-refractivity contribution in [3.05, 3.63) is 30.1 Å². The lowest BCUT2D eigenvalue weighted by molar-refractivity contribution is -0.126. The highest BCUT2D eigenvalue weighted by Crippen LogP contribution is 2.20. The second-order valence-corrected chi connectivity index (χ2v) is 5.96. The number of anilines is 1. The molecule has 2 fully saturated rings. The molecule has 4 nitrogen and oxygen atoms in total. The van der Waals surface area contributed by atoms with Crippen molar-refractivity contribution in [3.8, 4) is 0 Å². The van der Waals surface area contributed by atoms with Gasteiger partial charge in [-0.3, -0.25) is 9.69 Å². The monoisotopic (exact) mass is 291 g/mol. The number of nitrogens with zero attached hydrogens (tertiary/aromatic N) is 2. The summed E-state index contributed by atoms with van der Waals surface area (Å²) in [5.41, 5.74) is 1.05. The minimum atomic E-state index is -0.206. The first kappa shape index (κ1) is 14.3. The highest BCUT2D eigenvalue weighted by Gasteiger charge is 2.29. The van der Waals surface area contributed by atoms with Crippen LogP contribution in [0.4, 0.5) is 10.1 Å². The van der Waals surface area contributed by atoms with Gasteiger partial charge in [0.1, 0.15) is 5.82 Å². The molecule has 3 rings (SSSR count). The Bertz CT molecular complexity index is 493.